The minimum absolute atomic E-state index is 0.205. The molecule has 2 N–H and O–H groups in total. The van der Waals surface area contributed by atoms with Crippen LogP contribution in [0, 0.1) is 19.7 Å². The number of nitrogens with zero attached hydrogens (tertiary/aromatic N) is 2. The first-order valence-electron chi connectivity index (χ1n) is 11.3. The summed E-state index contributed by atoms with van der Waals surface area (Å²) in [5, 5.41) is 5.41. The molecule has 1 saturated heterocycles. The van der Waals surface area contributed by atoms with Crippen LogP contribution in [0.1, 0.15) is 22.9 Å². The van der Waals surface area contributed by atoms with Gasteiger partial charge in [0.05, 0.1) is 12.3 Å². The second-order valence-electron chi connectivity index (χ2n) is 8.49. The number of amides is 2. The number of rotatable bonds is 6. The van der Waals surface area contributed by atoms with Gasteiger partial charge in [-0.2, -0.15) is 0 Å². The number of hydrogen-bond donors (Lipinski definition) is 2. The second kappa shape index (κ2) is 10.5. The highest BCUT2D eigenvalue weighted by Gasteiger charge is 2.28. The van der Waals surface area contributed by atoms with Gasteiger partial charge in [-0.15, -0.1) is 0 Å². The van der Waals surface area contributed by atoms with Gasteiger partial charge in [-0.3, -0.25) is 14.5 Å². The summed E-state index contributed by atoms with van der Waals surface area (Å²) in [5.74, 6) is -0.926. The van der Waals surface area contributed by atoms with E-state index in [0.29, 0.717) is 5.69 Å². The lowest BCUT2D eigenvalue weighted by molar-refractivity contribution is -0.136. The standard InChI is InChI=1S/C26H29FN4O3/c1-18-5-8-21(16-19(18)2)29-26(33)25(32)28-17-23(24-4-3-15-34-24)31-13-11-30(12-14-31)22-9-6-20(27)7-10-22/h3-10,15-16,23H,11-14,17H2,1-2H3,(H,28,32)(H,29,33). The SMILES string of the molecule is Cc1ccc(NC(=O)C(=O)NCC(c2ccco2)N2CCN(c3ccc(F)cc3)CC2)cc1C. The number of benzene rings is 2. The van der Waals surface area contributed by atoms with Crippen LogP contribution in [0.3, 0.4) is 0 Å². The van der Waals surface area contributed by atoms with Crippen LogP contribution in [-0.2, 0) is 9.59 Å². The maximum absolute atomic E-state index is 13.2. The molecule has 0 spiro atoms. The Morgan fingerprint density at radius 1 is 0.971 bits per heavy atom. The van der Waals surface area contributed by atoms with Crippen LogP contribution in [0.4, 0.5) is 15.8 Å². The van der Waals surface area contributed by atoms with Gasteiger partial charge in [-0.05, 0) is 73.5 Å². The summed E-state index contributed by atoms with van der Waals surface area (Å²) in [6.45, 7) is 7.15. The highest BCUT2D eigenvalue weighted by molar-refractivity contribution is 6.39. The molecule has 2 heterocycles. The first-order valence-corrected chi connectivity index (χ1v) is 11.3. The summed E-state index contributed by atoms with van der Waals surface area (Å²) < 4.78 is 18.9. The van der Waals surface area contributed by atoms with Crippen molar-refractivity contribution in [3.8, 4) is 0 Å². The number of furan rings is 1. The van der Waals surface area contributed by atoms with Gasteiger partial charge in [-0.25, -0.2) is 4.39 Å². The summed E-state index contributed by atoms with van der Waals surface area (Å²) in [4.78, 5) is 29.3. The minimum atomic E-state index is -0.706. The number of piperazine rings is 1. The van der Waals surface area contributed by atoms with Crippen molar-refractivity contribution in [3.05, 3.63) is 83.6 Å². The van der Waals surface area contributed by atoms with Crippen molar-refractivity contribution in [2.45, 2.75) is 19.9 Å². The smallest absolute Gasteiger partial charge is 0.313 e. The molecule has 3 aromatic rings. The molecule has 2 aromatic carbocycles. The maximum Gasteiger partial charge on any atom is 0.313 e. The molecule has 178 valence electrons. The van der Waals surface area contributed by atoms with Gasteiger partial charge in [0, 0.05) is 44.1 Å². The van der Waals surface area contributed by atoms with Crippen molar-refractivity contribution in [2.75, 3.05) is 42.9 Å². The Morgan fingerprint density at radius 3 is 2.35 bits per heavy atom. The van der Waals surface area contributed by atoms with Gasteiger partial charge in [0.25, 0.3) is 0 Å². The Labute approximate surface area is 198 Å². The quantitative estimate of drug-likeness (QED) is 0.545. The van der Waals surface area contributed by atoms with Gasteiger partial charge in [0.1, 0.15) is 11.6 Å². The third kappa shape index (κ3) is 5.63. The Kier molecular flexibility index (Phi) is 7.27. The lowest BCUT2D eigenvalue weighted by atomic mass is 10.1. The summed E-state index contributed by atoms with van der Waals surface area (Å²) in [6.07, 6.45) is 1.60. The van der Waals surface area contributed by atoms with Crippen molar-refractivity contribution >= 4 is 23.2 Å². The van der Waals surface area contributed by atoms with E-state index in [1.807, 2.05) is 38.1 Å². The monoisotopic (exact) mass is 464 g/mol. The van der Waals surface area contributed by atoms with Crippen molar-refractivity contribution < 1.29 is 18.4 Å². The largest absolute Gasteiger partial charge is 0.468 e. The molecule has 7 nitrogen and oxygen atoms in total. The Balaban J connectivity index is 1.35. The normalized spacial score (nSPS) is 15.1. The number of carbonyl (C=O) groups excluding carboxylic acids is 2. The molecule has 1 unspecified atom stereocenters. The molecule has 34 heavy (non-hydrogen) atoms. The number of nitrogens with one attached hydrogen (secondary N) is 2. The molecule has 2 amide bonds. The van der Waals surface area contributed by atoms with Crippen LogP contribution in [0.25, 0.3) is 0 Å². The summed E-state index contributed by atoms with van der Waals surface area (Å²) in [7, 11) is 0. The molecule has 0 saturated carbocycles. The third-order valence-corrected chi connectivity index (χ3v) is 6.25. The topological polar surface area (TPSA) is 77.8 Å². The van der Waals surface area contributed by atoms with E-state index < -0.39 is 11.8 Å². The van der Waals surface area contributed by atoms with Gasteiger partial charge in [0.15, 0.2) is 0 Å². The van der Waals surface area contributed by atoms with Crippen LogP contribution >= 0.6 is 0 Å². The molecule has 8 heteroatoms. The van der Waals surface area contributed by atoms with Gasteiger partial charge in [-0.1, -0.05) is 6.07 Å². The summed E-state index contributed by atoms with van der Waals surface area (Å²) in [5.41, 5.74) is 3.72. The third-order valence-electron chi connectivity index (χ3n) is 6.25. The van der Waals surface area contributed by atoms with E-state index in [4.69, 9.17) is 4.42 Å². The molecule has 4 rings (SSSR count). The molecule has 0 radical (unpaired) electrons. The van der Waals surface area contributed by atoms with Crippen molar-refractivity contribution in [1.82, 2.24) is 10.2 Å². The zero-order valence-electron chi connectivity index (χ0n) is 19.4. The fraction of sp³-hybridized carbons (Fsp3) is 0.308. The number of aryl methyl sites for hydroxylation is 2. The molecule has 1 aliphatic heterocycles. The molecule has 1 aromatic heterocycles. The molecular formula is C26H29FN4O3. The Morgan fingerprint density at radius 2 is 1.71 bits per heavy atom. The molecule has 1 atom stereocenters. The van der Waals surface area contributed by atoms with Gasteiger partial charge < -0.3 is 20.0 Å². The number of carbonyl (C=O) groups is 2. The number of anilines is 2. The summed E-state index contributed by atoms with van der Waals surface area (Å²) >= 11 is 0. The van der Waals surface area contributed by atoms with Crippen LogP contribution in [-0.4, -0.2) is 49.4 Å². The predicted molar refractivity (Wildman–Crippen MR) is 129 cm³/mol. The van der Waals surface area contributed by atoms with E-state index in [1.54, 1.807) is 24.5 Å². The second-order valence-corrected chi connectivity index (χ2v) is 8.49. The first kappa shape index (κ1) is 23.5. The average Bonchev–Trinajstić information content (AvgIpc) is 3.37. The average molecular weight is 465 g/mol. The molecule has 0 aliphatic carbocycles. The molecular weight excluding hydrogens is 435 g/mol. The van der Waals surface area contributed by atoms with Gasteiger partial charge >= 0.3 is 11.8 Å². The van der Waals surface area contributed by atoms with Crippen molar-refractivity contribution in [2.24, 2.45) is 0 Å². The van der Waals surface area contributed by atoms with E-state index in [-0.39, 0.29) is 18.4 Å². The van der Waals surface area contributed by atoms with Crippen LogP contribution < -0.4 is 15.5 Å². The molecule has 1 aliphatic rings. The fourth-order valence-corrected chi connectivity index (χ4v) is 4.11. The first-order chi connectivity index (χ1) is 16.4. The lowest BCUT2D eigenvalue weighted by Crippen LogP contribution is -2.50. The maximum atomic E-state index is 13.2. The van der Waals surface area contributed by atoms with Crippen LogP contribution in [0.15, 0.2) is 65.3 Å². The zero-order valence-corrected chi connectivity index (χ0v) is 19.4. The number of hydrogen-bond acceptors (Lipinski definition) is 5. The highest BCUT2D eigenvalue weighted by Crippen LogP contribution is 2.24. The number of halogens is 1. The minimum Gasteiger partial charge on any atom is -0.468 e. The van der Waals surface area contributed by atoms with Crippen LogP contribution in [0.5, 0.6) is 0 Å². The predicted octanol–water partition coefficient (Wildman–Crippen LogP) is 3.65. The van der Waals surface area contributed by atoms with E-state index in [0.717, 1.165) is 48.8 Å². The van der Waals surface area contributed by atoms with E-state index >= 15 is 0 Å². The van der Waals surface area contributed by atoms with Crippen molar-refractivity contribution in [1.29, 1.82) is 0 Å². The molecule has 0 bridgehead atoms. The lowest BCUT2D eigenvalue weighted by Gasteiger charge is -2.39. The molecule has 1 fully saturated rings. The van der Waals surface area contributed by atoms with Crippen molar-refractivity contribution in [3.63, 3.8) is 0 Å². The Bertz CT molecular complexity index is 1120. The summed E-state index contributed by atoms with van der Waals surface area (Å²) in [6, 6.07) is 15.5. The Hall–Kier alpha value is -3.65. The van der Waals surface area contributed by atoms with Gasteiger partial charge in [0.2, 0.25) is 0 Å². The highest BCUT2D eigenvalue weighted by atomic mass is 19.1. The van der Waals surface area contributed by atoms with Crippen LogP contribution in [0.2, 0.25) is 0 Å². The van der Waals surface area contributed by atoms with E-state index in [9.17, 15) is 14.0 Å². The van der Waals surface area contributed by atoms with E-state index in [2.05, 4.69) is 20.4 Å². The van der Waals surface area contributed by atoms with E-state index in [1.165, 1.54) is 12.1 Å². The zero-order chi connectivity index (χ0) is 24.1. The fourth-order valence-electron chi connectivity index (χ4n) is 4.11.